The van der Waals surface area contributed by atoms with Crippen molar-refractivity contribution in [2.24, 2.45) is 17.8 Å². The van der Waals surface area contributed by atoms with Crippen molar-refractivity contribution in [3.05, 3.63) is 59.2 Å². The first-order valence-electron chi connectivity index (χ1n) is 12.7. The zero-order valence-electron chi connectivity index (χ0n) is 19.6. The summed E-state index contributed by atoms with van der Waals surface area (Å²) in [4.78, 5) is 14.3. The number of nitrogens with one attached hydrogen (secondary N) is 1. The third-order valence-electron chi connectivity index (χ3n) is 7.60. The molecule has 1 amide bonds. The lowest BCUT2D eigenvalue weighted by atomic mass is 9.89. The molecule has 174 valence electrons. The lowest BCUT2D eigenvalue weighted by molar-refractivity contribution is -0.131. The fraction of sp³-hybridized carbons (Fsp3) is 0.607. The van der Waals surface area contributed by atoms with E-state index in [1.54, 1.807) is 0 Å². The number of fused-ring (bicyclic) bond motifs is 1. The molecule has 1 saturated carbocycles. The summed E-state index contributed by atoms with van der Waals surface area (Å²) in [5.41, 5.74) is 4.20. The Morgan fingerprint density at radius 1 is 1.22 bits per heavy atom. The number of amides is 1. The molecule has 2 fully saturated rings. The number of nitrogens with zero attached hydrogens (tertiary/aromatic N) is 1. The van der Waals surface area contributed by atoms with E-state index < -0.39 is 0 Å². The van der Waals surface area contributed by atoms with Crippen LogP contribution < -0.4 is 5.32 Å². The van der Waals surface area contributed by atoms with Gasteiger partial charge in [-0.25, -0.2) is 0 Å². The second-order valence-electron chi connectivity index (χ2n) is 10.1. The normalized spacial score (nSPS) is 27.7. The summed E-state index contributed by atoms with van der Waals surface area (Å²) in [5, 5.41) is 14.0. The van der Waals surface area contributed by atoms with Crippen LogP contribution in [0.25, 0.3) is 0 Å². The first-order valence-corrected chi connectivity index (χ1v) is 12.7. The second-order valence-corrected chi connectivity index (χ2v) is 10.1. The number of benzene rings is 1. The molecule has 1 saturated heterocycles. The Morgan fingerprint density at radius 3 is 2.88 bits per heavy atom. The highest BCUT2D eigenvalue weighted by Gasteiger charge is 2.43. The van der Waals surface area contributed by atoms with Gasteiger partial charge in [0.1, 0.15) is 0 Å². The first-order chi connectivity index (χ1) is 15.6. The van der Waals surface area contributed by atoms with E-state index in [0.717, 1.165) is 64.6 Å². The molecule has 0 aromatic heterocycles. The number of aliphatic hydroxyl groups is 1. The van der Waals surface area contributed by atoms with Crippen molar-refractivity contribution in [1.82, 2.24) is 10.2 Å². The van der Waals surface area contributed by atoms with Crippen molar-refractivity contribution < 1.29 is 9.90 Å². The minimum absolute atomic E-state index is 0.210. The standard InChI is InChI=1S/C28H40N2O2/c1-21-8-7-10-22(16-21)9-3-4-11-25-26-18-23(17-24(26)19-27(25)31)12-13-29-20-28(32)30-14-5-2-6-15-30/h4,7-8,10-11,16-17,24-27,29,31H,2-3,5-6,9,12-15,18-20H2,1H3/t24-,25+,26-,27+/m0/s1. The van der Waals surface area contributed by atoms with E-state index >= 15 is 0 Å². The molecule has 3 aliphatic rings. The minimum Gasteiger partial charge on any atom is -0.392 e. The van der Waals surface area contributed by atoms with Gasteiger partial charge in [0.25, 0.3) is 0 Å². The lowest BCUT2D eigenvalue weighted by Gasteiger charge is -2.26. The van der Waals surface area contributed by atoms with Gasteiger partial charge in [0.2, 0.25) is 5.91 Å². The summed E-state index contributed by atoms with van der Waals surface area (Å²) in [6.45, 7) is 5.32. The van der Waals surface area contributed by atoms with Crippen molar-refractivity contribution in [3.63, 3.8) is 0 Å². The fourth-order valence-corrected chi connectivity index (χ4v) is 5.86. The minimum atomic E-state index is -0.210. The van der Waals surface area contributed by atoms with Gasteiger partial charge in [0, 0.05) is 19.0 Å². The summed E-state index contributed by atoms with van der Waals surface area (Å²) in [5.74, 6) is 1.59. The van der Waals surface area contributed by atoms with Crippen LogP contribution >= 0.6 is 0 Å². The number of carbonyl (C=O) groups is 1. The van der Waals surface area contributed by atoms with Gasteiger partial charge in [0.05, 0.1) is 12.6 Å². The highest BCUT2D eigenvalue weighted by molar-refractivity contribution is 5.78. The molecule has 4 rings (SSSR count). The molecular weight excluding hydrogens is 396 g/mol. The largest absolute Gasteiger partial charge is 0.392 e. The lowest BCUT2D eigenvalue weighted by Crippen LogP contribution is -2.41. The number of aliphatic hydroxyl groups excluding tert-OH is 1. The molecular formula is C28H40N2O2. The number of piperidine rings is 1. The van der Waals surface area contributed by atoms with Gasteiger partial charge in [-0.2, -0.15) is 0 Å². The SMILES string of the molecule is Cc1cccc(CCC=C[C@@H]2[C@H]3CC(CCNCC(=O)N4CCCCC4)=C[C@H]3C[C@H]2O)c1. The third kappa shape index (κ3) is 6.11. The molecule has 1 aromatic carbocycles. The molecule has 2 N–H and O–H groups in total. The van der Waals surface area contributed by atoms with E-state index in [0.29, 0.717) is 18.4 Å². The van der Waals surface area contributed by atoms with Crippen molar-refractivity contribution in [3.8, 4) is 0 Å². The molecule has 1 aliphatic heterocycles. The second kappa shape index (κ2) is 11.3. The Bertz CT molecular complexity index is 824. The molecule has 32 heavy (non-hydrogen) atoms. The molecule has 4 atom stereocenters. The molecule has 0 unspecified atom stereocenters. The predicted molar refractivity (Wildman–Crippen MR) is 130 cm³/mol. The number of carbonyl (C=O) groups excluding carboxylic acids is 1. The van der Waals surface area contributed by atoms with Gasteiger partial charge >= 0.3 is 0 Å². The maximum Gasteiger partial charge on any atom is 0.236 e. The predicted octanol–water partition coefficient (Wildman–Crippen LogP) is 4.42. The van der Waals surface area contributed by atoms with Gasteiger partial charge in [-0.1, -0.05) is 53.6 Å². The van der Waals surface area contributed by atoms with Crippen LogP contribution in [0.2, 0.25) is 0 Å². The van der Waals surface area contributed by atoms with Crippen LogP contribution in [0.4, 0.5) is 0 Å². The Morgan fingerprint density at radius 2 is 2.06 bits per heavy atom. The number of allylic oxidation sites excluding steroid dienone is 2. The number of hydrogen-bond acceptors (Lipinski definition) is 3. The average Bonchev–Trinajstić information content (AvgIpc) is 3.31. The zero-order valence-corrected chi connectivity index (χ0v) is 19.6. The number of likely N-dealkylation sites (tertiary alicyclic amines) is 1. The van der Waals surface area contributed by atoms with E-state index in [9.17, 15) is 9.90 Å². The highest BCUT2D eigenvalue weighted by Crippen LogP contribution is 2.47. The van der Waals surface area contributed by atoms with Crippen LogP contribution in [-0.4, -0.2) is 48.2 Å². The molecule has 4 nitrogen and oxygen atoms in total. The number of hydrogen-bond donors (Lipinski definition) is 2. The molecule has 0 radical (unpaired) electrons. The van der Waals surface area contributed by atoms with Crippen molar-refractivity contribution in [2.45, 2.75) is 64.4 Å². The molecule has 0 bridgehead atoms. The number of rotatable bonds is 9. The van der Waals surface area contributed by atoms with Gasteiger partial charge in [0.15, 0.2) is 0 Å². The smallest absolute Gasteiger partial charge is 0.236 e. The van der Waals surface area contributed by atoms with Gasteiger partial charge in [-0.3, -0.25) is 4.79 Å². The summed E-state index contributed by atoms with van der Waals surface area (Å²) in [6.07, 6.45) is 15.4. The van der Waals surface area contributed by atoms with Crippen LogP contribution in [0, 0.1) is 24.7 Å². The molecule has 4 heteroatoms. The maximum atomic E-state index is 12.3. The number of aryl methyl sites for hydroxylation is 2. The monoisotopic (exact) mass is 436 g/mol. The average molecular weight is 437 g/mol. The van der Waals surface area contributed by atoms with Crippen molar-refractivity contribution in [2.75, 3.05) is 26.2 Å². The zero-order chi connectivity index (χ0) is 22.3. The van der Waals surface area contributed by atoms with Gasteiger partial charge in [-0.05, 0) is 82.2 Å². The Kier molecular flexibility index (Phi) is 8.20. The van der Waals surface area contributed by atoms with Crippen molar-refractivity contribution in [1.29, 1.82) is 0 Å². The summed E-state index contributed by atoms with van der Waals surface area (Å²) in [6, 6.07) is 8.73. The Labute approximate surface area is 193 Å². The van der Waals surface area contributed by atoms with Crippen molar-refractivity contribution >= 4 is 5.91 Å². The molecule has 2 aliphatic carbocycles. The van der Waals surface area contributed by atoms with E-state index in [-0.39, 0.29) is 17.9 Å². The summed E-state index contributed by atoms with van der Waals surface area (Å²) < 4.78 is 0. The first kappa shape index (κ1) is 23.3. The topological polar surface area (TPSA) is 52.6 Å². The Hall–Kier alpha value is -1.91. The van der Waals surface area contributed by atoms with Crippen LogP contribution in [-0.2, 0) is 11.2 Å². The van der Waals surface area contributed by atoms with E-state index in [4.69, 9.17) is 0 Å². The summed E-state index contributed by atoms with van der Waals surface area (Å²) >= 11 is 0. The van der Waals surface area contributed by atoms with Crippen LogP contribution in [0.15, 0.2) is 48.1 Å². The maximum absolute atomic E-state index is 12.3. The highest BCUT2D eigenvalue weighted by atomic mass is 16.3. The fourth-order valence-electron chi connectivity index (χ4n) is 5.86. The molecule has 0 spiro atoms. The Balaban J connectivity index is 1.17. The van der Waals surface area contributed by atoms with Gasteiger partial charge < -0.3 is 15.3 Å². The van der Waals surface area contributed by atoms with E-state index in [1.807, 2.05) is 4.90 Å². The molecule has 1 heterocycles. The van der Waals surface area contributed by atoms with Gasteiger partial charge in [-0.15, -0.1) is 0 Å². The third-order valence-corrected chi connectivity index (χ3v) is 7.60. The van der Waals surface area contributed by atoms with E-state index in [1.165, 1.54) is 23.1 Å². The van der Waals surface area contributed by atoms with E-state index in [2.05, 4.69) is 54.7 Å². The van der Waals surface area contributed by atoms with Crippen LogP contribution in [0.3, 0.4) is 0 Å². The molecule has 1 aromatic rings. The summed E-state index contributed by atoms with van der Waals surface area (Å²) in [7, 11) is 0. The van der Waals surface area contributed by atoms with Crippen LogP contribution in [0.1, 0.15) is 56.1 Å². The van der Waals surface area contributed by atoms with Crippen LogP contribution in [0.5, 0.6) is 0 Å². The quantitative estimate of drug-likeness (QED) is 0.445.